The summed E-state index contributed by atoms with van der Waals surface area (Å²) in [7, 11) is 3.11. The van der Waals surface area contributed by atoms with Gasteiger partial charge in [0.25, 0.3) is 5.91 Å². The molecule has 8 heteroatoms. The minimum atomic E-state index is -0.495. The Morgan fingerprint density at radius 3 is 2.59 bits per heavy atom. The van der Waals surface area contributed by atoms with E-state index >= 15 is 0 Å². The van der Waals surface area contributed by atoms with Gasteiger partial charge in [0, 0.05) is 18.2 Å². The van der Waals surface area contributed by atoms with Gasteiger partial charge >= 0.3 is 0 Å². The second-order valence-corrected chi connectivity index (χ2v) is 7.56. The number of nitriles is 1. The molecule has 0 saturated carbocycles. The summed E-state index contributed by atoms with van der Waals surface area (Å²) in [6.07, 6.45) is 3.16. The molecule has 1 N–H and O–H groups in total. The molecule has 0 atom stereocenters. The largest absolute Gasteiger partial charge is 0.497 e. The van der Waals surface area contributed by atoms with Gasteiger partial charge in [-0.3, -0.25) is 4.79 Å². The number of nitrogens with zero attached hydrogens (tertiary/aromatic N) is 1. The Bertz CT molecular complexity index is 1040. The number of hydrogen-bond donors (Lipinski definition) is 1. The first-order valence-electron chi connectivity index (χ1n) is 9.78. The lowest BCUT2D eigenvalue weighted by Crippen LogP contribution is -2.24. The van der Waals surface area contributed by atoms with Crippen molar-refractivity contribution in [1.82, 2.24) is 5.32 Å². The van der Waals surface area contributed by atoms with E-state index in [1.807, 2.05) is 19.1 Å². The fourth-order valence-corrected chi connectivity index (χ4v) is 3.58. The number of ether oxygens (including phenoxy) is 4. The highest BCUT2D eigenvalue weighted by Gasteiger charge is 2.15. The van der Waals surface area contributed by atoms with E-state index in [-0.39, 0.29) is 12.1 Å². The summed E-state index contributed by atoms with van der Waals surface area (Å²) >= 11 is 2.13. The molecule has 0 unspecified atom stereocenters. The number of nitrogens with one attached hydrogen (secondary N) is 1. The fourth-order valence-electron chi connectivity index (χ4n) is 2.80. The Balaban J connectivity index is 2.24. The van der Waals surface area contributed by atoms with Crippen LogP contribution in [-0.2, 0) is 11.3 Å². The third-order valence-corrected chi connectivity index (χ3v) is 5.09. The molecule has 0 aliphatic rings. The van der Waals surface area contributed by atoms with E-state index in [1.165, 1.54) is 6.08 Å². The van der Waals surface area contributed by atoms with Crippen LogP contribution in [-0.4, -0.2) is 33.3 Å². The van der Waals surface area contributed by atoms with E-state index in [1.54, 1.807) is 44.6 Å². The Hall–Kier alpha value is -3.19. The van der Waals surface area contributed by atoms with E-state index < -0.39 is 5.91 Å². The van der Waals surface area contributed by atoms with Gasteiger partial charge in [0.1, 0.15) is 29.7 Å². The molecule has 0 aromatic heterocycles. The second-order valence-electron chi connectivity index (χ2n) is 6.39. The number of amides is 1. The van der Waals surface area contributed by atoms with Gasteiger partial charge in [0.15, 0.2) is 11.5 Å². The summed E-state index contributed by atoms with van der Waals surface area (Å²) in [5.41, 5.74) is 1.38. The molecule has 0 saturated heterocycles. The molecule has 0 heterocycles. The predicted octanol–water partition coefficient (Wildman–Crippen LogP) is 4.50. The third kappa shape index (κ3) is 6.65. The van der Waals surface area contributed by atoms with Gasteiger partial charge in [0.05, 0.1) is 24.4 Å². The minimum absolute atomic E-state index is 0.0320. The summed E-state index contributed by atoms with van der Waals surface area (Å²) < 4.78 is 22.7. The van der Waals surface area contributed by atoms with E-state index in [9.17, 15) is 10.1 Å². The van der Waals surface area contributed by atoms with E-state index in [0.717, 1.165) is 9.13 Å². The molecule has 2 aromatic carbocycles. The normalized spacial score (nSPS) is 10.7. The molecule has 0 spiro atoms. The van der Waals surface area contributed by atoms with Crippen LogP contribution in [0.5, 0.6) is 23.0 Å². The SMILES string of the molecule is C=CCOc1c(I)cc(/C=C(\C#N)C(=O)NCc2ccc(OC)cc2OC)cc1OCC. The van der Waals surface area contributed by atoms with Crippen LogP contribution in [0.1, 0.15) is 18.1 Å². The van der Waals surface area contributed by atoms with Gasteiger partial charge in [-0.2, -0.15) is 5.26 Å². The van der Waals surface area contributed by atoms with Crippen molar-refractivity contribution in [1.29, 1.82) is 5.26 Å². The highest BCUT2D eigenvalue weighted by Crippen LogP contribution is 2.35. The number of methoxy groups -OCH3 is 2. The van der Waals surface area contributed by atoms with Crippen LogP contribution in [0.25, 0.3) is 6.08 Å². The number of rotatable bonds is 11. The van der Waals surface area contributed by atoms with Crippen molar-refractivity contribution in [3.8, 4) is 29.1 Å². The molecule has 168 valence electrons. The Kier molecular flexibility index (Phi) is 9.88. The maximum absolute atomic E-state index is 12.6. The zero-order chi connectivity index (χ0) is 23.5. The quantitative estimate of drug-likeness (QED) is 0.193. The summed E-state index contributed by atoms with van der Waals surface area (Å²) in [5, 5.41) is 12.3. The highest BCUT2D eigenvalue weighted by molar-refractivity contribution is 14.1. The summed E-state index contributed by atoms with van der Waals surface area (Å²) in [4.78, 5) is 12.6. The van der Waals surface area contributed by atoms with E-state index in [4.69, 9.17) is 18.9 Å². The number of hydrogen-bond acceptors (Lipinski definition) is 6. The average Bonchev–Trinajstić information content (AvgIpc) is 2.80. The Morgan fingerprint density at radius 1 is 1.19 bits per heavy atom. The van der Waals surface area contributed by atoms with Crippen LogP contribution in [0.15, 0.2) is 48.6 Å². The lowest BCUT2D eigenvalue weighted by Gasteiger charge is -2.14. The van der Waals surface area contributed by atoms with Crippen LogP contribution in [0.2, 0.25) is 0 Å². The monoisotopic (exact) mass is 548 g/mol. The molecule has 0 aliphatic heterocycles. The van der Waals surface area contributed by atoms with Gasteiger partial charge in [-0.25, -0.2) is 0 Å². The molecule has 2 aromatic rings. The molecule has 0 bridgehead atoms. The number of halogens is 1. The summed E-state index contributed by atoms with van der Waals surface area (Å²) in [5.74, 6) is 1.87. The lowest BCUT2D eigenvalue weighted by molar-refractivity contribution is -0.117. The third-order valence-electron chi connectivity index (χ3n) is 4.29. The first-order chi connectivity index (χ1) is 15.5. The molecule has 32 heavy (non-hydrogen) atoms. The molecule has 0 radical (unpaired) electrons. The molecule has 1 amide bonds. The van der Waals surface area contributed by atoms with Crippen molar-refractivity contribution in [2.24, 2.45) is 0 Å². The van der Waals surface area contributed by atoms with Crippen molar-refractivity contribution in [3.63, 3.8) is 0 Å². The maximum atomic E-state index is 12.6. The Morgan fingerprint density at radius 2 is 1.97 bits per heavy atom. The molecular formula is C24H25IN2O5. The summed E-state index contributed by atoms with van der Waals surface area (Å²) in [6, 6.07) is 10.8. The van der Waals surface area contributed by atoms with Crippen molar-refractivity contribution < 1.29 is 23.7 Å². The zero-order valence-corrected chi connectivity index (χ0v) is 20.4. The average molecular weight is 548 g/mol. The van der Waals surface area contributed by atoms with E-state index in [2.05, 4.69) is 34.5 Å². The van der Waals surface area contributed by atoms with Gasteiger partial charge in [-0.15, -0.1) is 0 Å². The number of carbonyl (C=O) groups excluding carboxylic acids is 1. The molecule has 0 fully saturated rings. The van der Waals surface area contributed by atoms with Crippen LogP contribution in [0, 0.1) is 14.9 Å². The Labute approximate surface area is 201 Å². The van der Waals surface area contributed by atoms with E-state index in [0.29, 0.717) is 41.8 Å². The van der Waals surface area contributed by atoms with Crippen molar-refractivity contribution >= 4 is 34.6 Å². The highest BCUT2D eigenvalue weighted by atomic mass is 127. The molecule has 7 nitrogen and oxygen atoms in total. The predicted molar refractivity (Wildman–Crippen MR) is 131 cm³/mol. The first kappa shape index (κ1) is 25.1. The standard InChI is InChI=1S/C24H25IN2O5/c1-5-9-32-23-20(25)11-16(12-22(23)31-6-2)10-18(14-26)24(28)27-15-17-7-8-19(29-3)13-21(17)30-4/h5,7-8,10-13H,1,6,9,15H2,2-4H3,(H,27,28)/b18-10+. The van der Waals surface area contributed by atoms with Crippen LogP contribution in [0.3, 0.4) is 0 Å². The first-order valence-corrected chi connectivity index (χ1v) is 10.9. The van der Waals surface area contributed by atoms with Gasteiger partial charge in [0.2, 0.25) is 0 Å². The smallest absolute Gasteiger partial charge is 0.262 e. The van der Waals surface area contributed by atoms with Crippen LogP contribution in [0.4, 0.5) is 0 Å². The van der Waals surface area contributed by atoms with Crippen molar-refractivity contribution in [3.05, 3.63) is 63.3 Å². The lowest BCUT2D eigenvalue weighted by atomic mass is 10.1. The minimum Gasteiger partial charge on any atom is -0.497 e. The number of carbonyl (C=O) groups is 1. The fraction of sp³-hybridized carbons (Fsp3) is 0.250. The van der Waals surface area contributed by atoms with Crippen molar-refractivity contribution in [2.45, 2.75) is 13.5 Å². The van der Waals surface area contributed by atoms with Gasteiger partial charge in [-0.05, 0) is 65.4 Å². The molecular weight excluding hydrogens is 523 g/mol. The maximum Gasteiger partial charge on any atom is 0.262 e. The topological polar surface area (TPSA) is 89.8 Å². The molecule has 0 aliphatic carbocycles. The summed E-state index contributed by atoms with van der Waals surface area (Å²) in [6.45, 7) is 6.51. The van der Waals surface area contributed by atoms with Crippen molar-refractivity contribution in [2.75, 3.05) is 27.4 Å². The van der Waals surface area contributed by atoms with Crippen LogP contribution < -0.4 is 24.3 Å². The molecule has 2 rings (SSSR count). The van der Waals surface area contributed by atoms with Crippen LogP contribution >= 0.6 is 22.6 Å². The van der Waals surface area contributed by atoms with Gasteiger partial charge < -0.3 is 24.3 Å². The second kappa shape index (κ2) is 12.6. The number of benzene rings is 2. The van der Waals surface area contributed by atoms with Gasteiger partial charge in [-0.1, -0.05) is 12.7 Å². The zero-order valence-electron chi connectivity index (χ0n) is 18.2.